The maximum absolute atomic E-state index is 12.4. The molecule has 6 nitrogen and oxygen atoms in total. The van der Waals surface area contributed by atoms with Crippen LogP contribution in [-0.2, 0) is 9.59 Å². The first-order valence-corrected chi connectivity index (χ1v) is 7.16. The van der Waals surface area contributed by atoms with Gasteiger partial charge >= 0.3 is 5.97 Å². The zero-order valence-electron chi connectivity index (χ0n) is 12.9. The summed E-state index contributed by atoms with van der Waals surface area (Å²) in [6, 6.07) is 6.54. The van der Waals surface area contributed by atoms with Gasteiger partial charge in [0, 0.05) is 24.2 Å². The number of hydrogen-bond acceptors (Lipinski definition) is 3. The summed E-state index contributed by atoms with van der Waals surface area (Å²) >= 11 is 0. The third-order valence-corrected chi connectivity index (χ3v) is 3.99. The van der Waals surface area contributed by atoms with E-state index in [9.17, 15) is 19.5 Å². The number of rotatable bonds is 5. The van der Waals surface area contributed by atoms with Gasteiger partial charge in [0.1, 0.15) is 5.54 Å². The molecule has 118 valence electrons. The minimum atomic E-state index is -1.32. The van der Waals surface area contributed by atoms with Crippen molar-refractivity contribution < 1.29 is 19.5 Å². The fourth-order valence-corrected chi connectivity index (χ4v) is 1.91. The first kappa shape index (κ1) is 16.0. The van der Waals surface area contributed by atoms with Gasteiger partial charge < -0.3 is 15.3 Å². The van der Waals surface area contributed by atoms with E-state index in [1.54, 1.807) is 24.3 Å². The van der Waals surface area contributed by atoms with Gasteiger partial charge in [-0.15, -0.1) is 0 Å². The summed E-state index contributed by atoms with van der Waals surface area (Å²) in [6.07, 6.45) is 1.81. The minimum Gasteiger partial charge on any atom is -0.480 e. The third kappa shape index (κ3) is 3.27. The van der Waals surface area contributed by atoms with E-state index in [0.29, 0.717) is 11.3 Å². The summed E-state index contributed by atoms with van der Waals surface area (Å²) in [5, 5.41) is 12.0. The lowest BCUT2D eigenvalue weighted by Crippen LogP contribution is -2.50. The number of carbonyl (C=O) groups is 3. The van der Waals surface area contributed by atoms with Crippen LogP contribution in [0.1, 0.15) is 37.0 Å². The van der Waals surface area contributed by atoms with Crippen molar-refractivity contribution in [1.29, 1.82) is 0 Å². The number of hydrogen-bond donors (Lipinski definition) is 2. The molecule has 2 amide bonds. The summed E-state index contributed by atoms with van der Waals surface area (Å²) in [4.78, 5) is 36.6. The number of likely N-dealkylation sites (N-methyl/N-ethyl adjacent to an activating group) is 1. The maximum Gasteiger partial charge on any atom is 0.329 e. The van der Waals surface area contributed by atoms with E-state index in [1.807, 2.05) is 0 Å². The van der Waals surface area contributed by atoms with Crippen LogP contribution in [0.2, 0.25) is 0 Å². The van der Waals surface area contributed by atoms with E-state index in [0.717, 1.165) is 12.8 Å². The molecule has 0 atom stereocenters. The zero-order chi connectivity index (χ0) is 16.5. The molecule has 0 heterocycles. The van der Waals surface area contributed by atoms with E-state index in [-0.39, 0.29) is 11.8 Å². The molecule has 1 fully saturated rings. The first-order valence-electron chi connectivity index (χ1n) is 7.16. The molecule has 0 bridgehead atoms. The van der Waals surface area contributed by atoms with Gasteiger partial charge in [-0.1, -0.05) is 6.07 Å². The molecule has 0 spiro atoms. The molecule has 1 aliphatic carbocycles. The molecule has 6 heteroatoms. The predicted molar refractivity (Wildman–Crippen MR) is 81.6 cm³/mol. The molecule has 2 rings (SSSR count). The maximum atomic E-state index is 12.4. The van der Waals surface area contributed by atoms with Crippen molar-refractivity contribution in [1.82, 2.24) is 4.90 Å². The van der Waals surface area contributed by atoms with E-state index < -0.39 is 17.4 Å². The highest BCUT2D eigenvalue weighted by Gasteiger charge is 2.35. The van der Waals surface area contributed by atoms with Gasteiger partial charge in [0.25, 0.3) is 5.91 Å². The lowest BCUT2D eigenvalue weighted by Gasteiger charge is -2.31. The number of amides is 2. The highest BCUT2D eigenvalue weighted by atomic mass is 16.4. The molecule has 2 N–H and O–H groups in total. The van der Waals surface area contributed by atoms with Gasteiger partial charge in [-0.05, 0) is 44.9 Å². The predicted octanol–water partition coefficient (Wildman–Crippen LogP) is 1.97. The number of carbonyl (C=O) groups excluding carboxylic acids is 2. The third-order valence-electron chi connectivity index (χ3n) is 3.99. The van der Waals surface area contributed by atoms with E-state index >= 15 is 0 Å². The van der Waals surface area contributed by atoms with Crippen LogP contribution in [0, 0.1) is 5.92 Å². The summed E-state index contributed by atoms with van der Waals surface area (Å²) in [5.74, 6) is -1.45. The molecule has 0 radical (unpaired) electrons. The van der Waals surface area contributed by atoms with Crippen molar-refractivity contribution in [3.63, 3.8) is 0 Å². The first-order chi connectivity index (χ1) is 10.2. The Bertz CT molecular complexity index is 620. The number of anilines is 1. The fourth-order valence-electron chi connectivity index (χ4n) is 1.91. The smallest absolute Gasteiger partial charge is 0.329 e. The normalized spacial score (nSPS) is 14.3. The fraction of sp³-hybridized carbons (Fsp3) is 0.438. The van der Waals surface area contributed by atoms with Gasteiger partial charge in [0.15, 0.2) is 0 Å². The summed E-state index contributed by atoms with van der Waals surface area (Å²) < 4.78 is 0. The Balaban J connectivity index is 2.16. The lowest BCUT2D eigenvalue weighted by atomic mass is 10.0. The topological polar surface area (TPSA) is 86.7 Å². The number of benzene rings is 1. The van der Waals surface area contributed by atoms with Gasteiger partial charge in [0.2, 0.25) is 5.91 Å². The van der Waals surface area contributed by atoms with Crippen molar-refractivity contribution in [3.8, 4) is 0 Å². The minimum absolute atomic E-state index is 0.0381. The quantitative estimate of drug-likeness (QED) is 0.870. The van der Waals surface area contributed by atoms with Crippen LogP contribution >= 0.6 is 0 Å². The van der Waals surface area contributed by atoms with Crippen molar-refractivity contribution >= 4 is 23.5 Å². The summed E-state index contributed by atoms with van der Waals surface area (Å²) in [5.41, 5.74) is -0.431. The second-order valence-electron chi connectivity index (χ2n) is 6.07. The van der Waals surface area contributed by atoms with Crippen LogP contribution < -0.4 is 5.32 Å². The average molecular weight is 304 g/mol. The van der Waals surface area contributed by atoms with E-state index in [1.165, 1.54) is 25.8 Å². The van der Waals surface area contributed by atoms with Gasteiger partial charge in [0.05, 0.1) is 0 Å². The highest BCUT2D eigenvalue weighted by Crippen LogP contribution is 2.30. The number of nitrogens with one attached hydrogen (secondary N) is 1. The Hall–Kier alpha value is -2.37. The number of carboxylic acids is 1. The van der Waals surface area contributed by atoms with Crippen molar-refractivity contribution in [3.05, 3.63) is 29.8 Å². The average Bonchev–Trinajstić information content (AvgIpc) is 3.30. The molecule has 1 aliphatic rings. The molecule has 1 aromatic rings. The standard InChI is InChI=1S/C16H20N2O4/c1-16(2,15(21)22)18(3)14(20)11-5-4-6-12(9-11)17-13(19)10-7-8-10/h4-6,9-10H,7-8H2,1-3H3,(H,17,19)(H,21,22). The molecule has 0 unspecified atom stereocenters. The molecule has 0 saturated heterocycles. The Labute approximate surface area is 129 Å². The van der Waals surface area contributed by atoms with Crippen molar-refractivity contribution in [2.45, 2.75) is 32.2 Å². The van der Waals surface area contributed by atoms with Crippen molar-refractivity contribution in [2.24, 2.45) is 5.92 Å². The van der Waals surface area contributed by atoms with Crippen LogP contribution in [-0.4, -0.2) is 40.4 Å². The Morgan fingerprint density at radius 2 is 1.91 bits per heavy atom. The Morgan fingerprint density at radius 3 is 2.45 bits per heavy atom. The van der Waals surface area contributed by atoms with Crippen LogP contribution in [0.15, 0.2) is 24.3 Å². The molecule has 0 aliphatic heterocycles. The Kier molecular flexibility index (Phi) is 4.21. The molecular weight excluding hydrogens is 284 g/mol. The number of aliphatic carboxylic acids is 1. The van der Waals surface area contributed by atoms with E-state index in [2.05, 4.69) is 5.32 Å². The molecular formula is C16H20N2O4. The largest absolute Gasteiger partial charge is 0.480 e. The second-order valence-corrected chi connectivity index (χ2v) is 6.07. The number of carboxylic acid groups (broad SMARTS) is 1. The highest BCUT2D eigenvalue weighted by molar-refractivity contribution is 6.00. The molecule has 0 aromatic heterocycles. The molecule has 22 heavy (non-hydrogen) atoms. The van der Waals surface area contributed by atoms with Crippen LogP contribution in [0.5, 0.6) is 0 Å². The second kappa shape index (κ2) is 5.79. The van der Waals surface area contributed by atoms with E-state index in [4.69, 9.17) is 0 Å². The number of nitrogens with zero attached hydrogens (tertiary/aromatic N) is 1. The van der Waals surface area contributed by atoms with Gasteiger partial charge in [-0.2, -0.15) is 0 Å². The van der Waals surface area contributed by atoms with Crippen LogP contribution in [0.3, 0.4) is 0 Å². The lowest BCUT2D eigenvalue weighted by molar-refractivity contribution is -0.147. The monoisotopic (exact) mass is 304 g/mol. The van der Waals surface area contributed by atoms with Gasteiger partial charge in [-0.3, -0.25) is 9.59 Å². The molecule has 1 saturated carbocycles. The zero-order valence-corrected chi connectivity index (χ0v) is 12.9. The summed E-state index contributed by atoms with van der Waals surface area (Å²) in [7, 11) is 1.45. The summed E-state index contributed by atoms with van der Waals surface area (Å²) in [6.45, 7) is 2.93. The Morgan fingerprint density at radius 1 is 1.27 bits per heavy atom. The van der Waals surface area contributed by atoms with Crippen LogP contribution in [0.25, 0.3) is 0 Å². The SMILES string of the molecule is CN(C(=O)c1cccc(NC(=O)C2CC2)c1)C(C)(C)C(=O)O. The van der Waals surface area contributed by atoms with Gasteiger partial charge in [-0.25, -0.2) is 4.79 Å². The van der Waals surface area contributed by atoms with Crippen LogP contribution in [0.4, 0.5) is 5.69 Å². The van der Waals surface area contributed by atoms with Crippen molar-refractivity contribution in [2.75, 3.05) is 12.4 Å². The molecule has 1 aromatic carbocycles.